The molecule has 4 saturated carbocycles. The van der Waals surface area contributed by atoms with E-state index in [1.54, 1.807) is 0 Å². The number of benzene rings is 2. The van der Waals surface area contributed by atoms with Crippen LogP contribution in [0.2, 0.25) is 5.02 Å². The van der Waals surface area contributed by atoms with Gasteiger partial charge in [-0.1, -0.05) is 23.7 Å². The highest BCUT2D eigenvalue weighted by atomic mass is 35.5. The van der Waals surface area contributed by atoms with Crippen molar-refractivity contribution in [1.29, 1.82) is 0 Å². The zero-order chi connectivity index (χ0) is 21.8. The Morgan fingerprint density at radius 1 is 0.935 bits per heavy atom. The number of nitrogens with one attached hydrogen (secondary N) is 2. The quantitative estimate of drug-likeness (QED) is 0.627. The highest BCUT2D eigenvalue weighted by Gasteiger charge is 2.51. The molecule has 2 aromatic carbocycles. The normalized spacial score (nSPS) is 29.0. The molecular weight excluding hydrogens is 432 g/mol. The van der Waals surface area contributed by atoms with E-state index in [-0.39, 0.29) is 10.9 Å². The summed E-state index contributed by atoms with van der Waals surface area (Å²) < 4.78 is 25.1. The zero-order valence-electron chi connectivity index (χ0n) is 17.5. The van der Waals surface area contributed by atoms with Crippen LogP contribution in [0.3, 0.4) is 0 Å². The van der Waals surface area contributed by atoms with Crippen LogP contribution in [-0.4, -0.2) is 20.6 Å². The van der Waals surface area contributed by atoms with Gasteiger partial charge in [-0.15, -0.1) is 0 Å². The Kier molecular flexibility index (Phi) is 5.05. The Balaban J connectivity index is 1.30. The maximum atomic E-state index is 12.7. The van der Waals surface area contributed by atoms with E-state index < -0.39 is 10.0 Å². The second kappa shape index (κ2) is 7.52. The minimum absolute atomic E-state index is 0.191. The predicted octanol–water partition coefficient (Wildman–Crippen LogP) is 5.43. The lowest BCUT2D eigenvalue weighted by Crippen LogP contribution is -2.48. The number of anilines is 2. The molecule has 2 N–H and O–H groups in total. The number of halogens is 1. The minimum Gasteiger partial charge on any atom is -0.322 e. The topological polar surface area (TPSA) is 75.3 Å². The summed E-state index contributed by atoms with van der Waals surface area (Å²) in [4.78, 5) is 12.7. The van der Waals surface area contributed by atoms with Crippen molar-refractivity contribution in [2.24, 2.45) is 17.8 Å². The number of carbonyl (C=O) groups excluding carboxylic acids is 1. The summed E-state index contributed by atoms with van der Waals surface area (Å²) in [5, 5.41) is 3.10. The Morgan fingerprint density at radius 3 is 2.00 bits per heavy atom. The molecule has 1 amide bonds. The molecule has 31 heavy (non-hydrogen) atoms. The van der Waals surface area contributed by atoms with Crippen molar-refractivity contribution in [1.82, 2.24) is 0 Å². The predicted molar refractivity (Wildman–Crippen MR) is 124 cm³/mol. The van der Waals surface area contributed by atoms with Gasteiger partial charge in [-0.25, -0.2) is 8.42 Å². The molecule has 5 nitrogen and oxygen atoms in total. The Hall–Kier alpha value is -2.05. The third kappa shape index (κ3) is 4.20. The molecule has 0 heterocycles. The summed E-state index contributed by atoms with van der Waals surface area (Å²) in [5.41, 5.74) is 3.10. The first-order valence-electron chi connectivity index (χ1n) is 10.9. The van der Waals surface area contributed by atoms with Gasteiger partial charge in [-0.2, -0.15) is 0 Å². The molecule has 0 aliphatic heterocycles. The van der Waals surface area contributed by atoms with Gasteiger partial charge in [0.2, 0.25) is 10.0 Å². The lowest BCUT2D eigenvalue weighted by atomic mass is 9.48. The van der Waals surface area contributed by atoms with E-state index in [4.69, 9.17) is 11.6 Å². The van der Waals surface area contributed by atoms with Crippen LogP contribution in [0.1, 0.15) is 54.4 Å². The summed E-state index contributed by atoms with van der Waals surface area (Å²) in [5.74, 6) is 2.37. The van der Waals surface area contributed by atoms with Crippen LogP contribution in [0.25, 0.3) is 0 Å². The molecule has 2 aromatic rings. The largest absolute Gasteiger partial charge is 0.322 e. The van der Waals surface area contributed by atoms with E-state index in [1.807, 2.05) is 12.1 Å². The second-order valence-corrected chi connectivity index (χ2v) is 12.0. The van der Waals surface area contributed by atoms with Crippen LogP contribution < -0.4 is 10.0 Å². The lowest BCUT2D eigenvalue weighted by Gasteiger charge is -2.57. The van der Waals surface area contributed by atoms with Gasteiger partial charge in [0, 0.05) is 11.4 Å². The Morgan fingerprint density at radius 2 is 1.48 bits per heavy atom. The maximum Gasteiger partial charge on any atom is 0.257 e. The van der Waals surface area contributed by atoms with E-state index in [1.165, 1.54) is 62.3 Å². The minimum atomic E-state index is -3.41. The number of carbonyl (C=O) groups is 1. The second-order valence-electron chi connectivity index (χ2n) is 9.80. The van der Waals surface area contributed by atoms with E-state index in [9.17, 15) is 13.2 Å². The number of sulfonamides is 1. The van der Waals surface area contributed by atoms with Gasteiger partial charge < -0.3 is 5.32 Å². The van der Waals surface area contributed by atoms with Crippen molar-refractivity contribution >= 4 is 38.9 Å². The molecule has 0 spiro atoms. The van der Waals surface area contributed by atoms with Crippen molar-refractivity contribution in [2.45, 2.75) is 43.9 Å². The zero-order valence-corrected chi connectivity index (χ0v) is 19.1. The van der Waals surface area contributed by atoms with Gasteiger partial charge in [-0.05, 0) is 97.6 Å². The van der Waals surface area contributed by atoms with Crippen LogP contribution in [0.5, 0.6) is 0 Å². The first-order chi connectivity index (χ1) is 14.7. The summed E-state index contributed by atoms with van der Waals surface area (Å²) in [6, 6.07) is 12.8. The van der Waals surface area contributed by atoms with Gasteiger partial charge in [0.15, 0.2) is 0 Å². The highest BCUT2D eigenvalue weighted by molar-refractivity contribution is 7.92. The highest BCUT2D eigenvalue weighted by Crippen LogP contribution is 2.60. The summed E-state index contributed by atoms with van der Waals surface area (Å²) >= 11 is 6.23. The van der Waals surface area contributed by atoms with Gasteiger partial charge in [0.05, 0.1) is 16.8 Å². The van der Waals surface area contributed by atoms with E-state index in [0.29, 0.717) is 16.7 Å². The smallest absolute Gasteiger partial charge is 0.257 e. The SMILES string of the molecule is CS(=O)(=O)Nc1ccc(C(=O)Nc2ccc(C34CC5CC(CC(C5)C3)C4)cc2)c(Cl)c1. The molecule has 0 aromatic heterocycles. The van der Waals surface area contributed by atoms with Crippen LogP contribution >= 0.6 is 11.6 Å². The fourth-order valence-corrected chi connectivity index (χ4v) is 7.37. The molecule has 164 valence electrons. The van der Waals surface area contributed by atoms with Crippen LogP contribution in [0, 0.1) is 17.8 Å². The van der Waals surface area contributed by atoms with Crippen molar-refractivity contribution < 1.29 is 13.2 Å². The van der Waals surface area contributed by atoms with Gasteiger partial charge in [-0.3, -0.25) is 9.52 Å². The van der Waals surface area contributed by atoms with E-state index in [0.717, 1.165) is 29.7 Å². The fraction of sp³-hybridized carbons (Fsp3) is 0.458. The van der Waals surface area contributed by atoms with Crippen LogP contribution in [0.4, 0.5) is 11.4 Å². The Labute approximate surface area is 188 Å². The van der Waals surface area contributed by atoms with Crippen LogP contribution in [0.15, 0.2) is 42.5 Å². The van der Waals surface area contributed by atoms with Gasteiger partial charge >= 0.3 is 0 Å². The number of rotatable bonds is 5. The molecule has 4 aliphatic carbocycles. The van der Waals surface area contributed by atoms with E-state index >= 15 is 0 Å². The number of amides is 1. The number of hydrogen-bond donors (Lipinski definition) is 2. The Bertz CT molecular complexity index is 1090. The fourth-order valence-electron chi connectivity index (χ4n) is 6.55. The molecular formula is C24H27ClN2O3S. The lowest BCUT2D eigenvalue weighted by molar-refractivity contribution is -0.00518. The molecule has 0 unspecified atom stereocenters. The third-order valence-corrected chi connectivity index (χ3v) is 8.23. The molecule has 0 radical (unpaired) electrons. The van der Waals surface area contributed by atoms with Crippen molar-refractivity contribution in [3.63, 3.8) is 0 Å². The average molecular weight is 459 g/mol. The summed E-state index contributed by atoms with van der Waals surface area (Å²) in [7, 11) is -3.41. The van der Waals surface area contributed by atoms with Crippen molar-refractivity contribution in [3.05, 3.63) is 58.6 Å². The molecule has 0 saturated heterocycles. The van der Waals surface area contributed by atoms with Crippen molar-refractivity contribution in [2.75, 3.05) is 16.3 Å². The molecule has 7 heteroatoms. The molecule has 4 fully saturated rings. The first-order valence-corrected chi connectivity index (χ1v) is 13.2. The first kappa shape index (κ1) is 20.8. The summed E-state index contributed by atoms with van der Waals surface area (Å²) in [6.45, 7) is 0. The standard InChI is InChI=1S/C24H27ClN2O3S/c1-31(29,30)27-20-6-7-21(22(25)11-20)23(28)26-19-4-2-18(3-5-19)24-12-15-8-16(13-24)10-17(9-15)14-24/h2-7,11,15-17,27H,8-10,12-14H2,1H3,(H,26,28). The molecule has 4 bridgehead atoms. The summed E-state index contributed by atoms with van der Waals surface area (Å²) in [6.07, 6.45) is 9.27. The van der Waals surface area contributed by atoms with E-state index in [2.05, 4.69) is 22.2 Å². The van der Waals surface area contributed by atoms with Crippen LogP contribution in [-0.2, 0) is 15.4 Å². The van der Waals surface area contributed by atoms with Gasteiger partial charge in [0.25, 0.3) is 5.91 Å². The van der Waals surface area contributed by atoms with Gasteiger partial charge in [0.1, 0.15) is 0 Å². The maximum absolute atomic E-state index is 12.7. The molecule has 6 rings (SSSR count). The monoisotopic (exact) mass is 458 g/mol. The average Bonchev–Trinajstić information content (AvgIpc) is 2.66. The molecule has 0 atom stereocenters. The third-order valence-electron chi connectivity index (χ3n) is 7.31. The molecule has 4 aliphatic rings. The van der Waals surface area contributed by atoms with Crippen molar-refractivity contribution in [3.8, 4) is 0 Å². The number of hydrogen-bond acceptors (Lipinski definition) is 3.